The highest BCUT2D eigenvalue weighted by Gasteiger charge is 2.30. The molecule has 0 unspecified atom stereocenters. The van der Waals surface area contributed by atoms with E-state index in [1.807, 2.05) is 0 Å². The summed E-state index contributed by atoms with van der Waals surface area (Å²) in [6.07, 6.45) is 0. The quantitative estimate of drug-likeness (QED) is 0.909. The summed E-state index contributed by atoms with van der Waals surface area (Å²) in [6, 6.07) is 5.18. The zero-order chi connectivity index (χ0) is 14.1. The number of aromatic carboxylic acids is 1. The number of carboxylic acid groups (broad SMARTS) is 1. The molecule has 0 fully saturated rings. The van der Waals surface area contributed by atoms with Gasteiger partial charge in [-0.2, -0.15) is 4.31 Å². The van der Waals surface area contributed by atoms with Gasteiger partial charge >= 0.3 is 5.97 Å². The third-order valence-corrected chi connectivity index (χ3v) is 4.84. The molecule has 6 heteroatoms. The third kappa shape index (κ3) is 2.88. The SMILES string of the molecule is CN(C(C)(C)C)S(=O)(=O)c1ccc(C(=O)O)cc1. The monoisotopic (exact) mass is 271 g/mol. The molecule has 0 aliphatic carbocycles. The lowest BCUT2D eigenvalue weighted by Gasteiger charge is -2.30. The third-order valence-electron chi connectivity index (χ3n) is 2.70. The highest BCUT2D eigenvalue weighted by molar-refractivity contribution is 7.89. The number of hydrogen-bond acceptors (Lipinski definition) is 3. The van der Waals surface area contributed by atoms with Crippen LogP contribution in [-0.4, -0.2) is 36.4 Å². The predicted molar refractivity (Wildman–Crippen MR) is 68.1 cm³/mol. The Morgan fingerprint density at radius 2 is 1.61 bits per heavy atom. The van der Waals surface area contributed by atoms with Crippen molar-refractivity contribution in [1.82, 2.24) is 4.31 Å². The molecule has 1 N–H and O–H groups in total. The topological polar surface area (TPSA) is 74.7 Å². The van der Waals surface area contributed by atoms with Gasteiger partial charge in [0.15, 0.2) is 0 Å². The molecule has 0 heterocycles. The summed E-state index contributed by atoms with van der Waals surface area (Å²) in [5.74, 6) is -1.08. The summed E-state index contributed by atoms with van der Waals surface area (Å²) >= 11 is 0. The van der Waals surface area contributed by atoms with E-state index in [-0.39, 0.29) is 10.5 Å². The van der Waals surface area contributed by atoms with Crippen LogP contribution >= 0.6 is 0 Å². The number of rotatable bonds is 3. The van der Waals surface area contributed by atoms with E-state index in [9.17, 15) is 13.2 Å². The van der Waals surface area contributed by atoms with Gasteiger partial charge in [0.2, 0.25) is 10.0 Å². The van der Waals surface area contributed by atoms with Crippen molar-refractivity contribution in [3.05, 3.63) is 29.8 Å². The van der Waals surface area contributed by atoms with E-state index in [0.29, 0.717) is 0 Å². The molecular weight excluding hydrogens is 254 g/mol. The average molecular weight is 271 g/mol. The second-order valence-corrected chi connectivity index (χ2v) is 6.94. The van der Waals surface area contributed by atoms with E-state index in [0.717, 1.165) is 0 Å². The van der Waals surface area contributed by atoms with Gasteiger partial charge in [-0.3, -0.25) is 0 Å². The smallest absolute Gasteiger partial charge is 0.335 e. The number of sulfonamides is 1. The van der Waals surface area contributed by atoms with Gasteiger partial charge in [0.25, 0.3) is 0 Å². The van der Waals surface area contributed by atoms with Gasteiger partial charge in [-0.15, -0.1) is 0 Å². The first-order valence-electron chi connectivity index (χ1n) is 5.39. The van der Waals surface area contributed by atoms with Gasteiger partial charge in [-0.1, -0.05) is 0 Å². The lowest BCUT2D eigenvalue weighted by molar-refractivity contribution is 0.0696. The minimum atomic E-state index is -3.60. The van der Waals surface area contributed by atoms with Crippen molar-refractivity contribution in [3.8, 4) is 0 Å². The summed E-state index contributed by atoms with van der Waals surface area (Å²) in [6.45, 7) is 5.36. The molecule has 0 saturated carbocycles. The fourth-order valence-corrected chi connectivity index (χ4v) is 2.81. The van der Waals surface area contributed by atoms with Crippen molar-refractivity contribution in [1.29, 1.82) is 0 Å². The first kappa shape index (κ1) is 14.7. The van der Waals surface area contributed by atoms with Crippen molar-refractivity contribution in [2.75, 3.05) is 7.05 Å². The first-order chi connectivity index (χ1) is 8.06. The van der Waals surface area contributed by atoms with E-state index in [4.69, 9.17) is 5.11 Å². The van der Waals surface area contributed by atoms with Crippen molar-refractivity contribution >= 4 is 16.0 Å². The Morgan fingerprint density at radius 3 is 1.94 bits per heavy atom. The van der Waals surface area contributed by atoms with E-state index in [2.05, 4.69) is 0 Å². The molecule has 18 heavy (non-hydrogen) atoms. The molecule has 0 radical (unpaired) electrons. The van der Waals surface area contributed by atoms with Crippen LogP contribution in [0.1, 0.15) is 31.1 Å². The minimum Gasteiger partial charge on any atom is -0.478 e. The summed E-state index contributed by atoms with van der Waals surface area (Å²) < 4.78 is 25.7. The van der Waals surface area contributed by atoms with Crippen molar-refractivity contribution in [3.63, 3.8) is 0 Å². The Bertz CT molecular complexity index is 540. The second-order valence-electron chi connectivity index (χ2n) is 4.97. The average Bonchev–Trinajstić information content (AvgIpc) is 2.27. The van der Waals surface area contributed by atoms with Gasteiger partial charge in [0, 0.05) is 12.6 Å². The van der Waals surface area contributed by atoms with Crippen LogP contribution in [0.15, 0.2) is 29.2 Å². The molecular formula is C12H17NO4S. The van der Waals surface area contributed by atoms with Crippen LogP contribution < -0.4 is 0 Å². The van der Waals surface area contributed by atoms with Gasteiger partial charge in [0.1, 0.15) is 0 Å². The molecule has 0 bridgehead atoms. The minimum absolute atomic E-state index is 0.0624. The number of carboxylic acids is 1. The second kappa shape index (κ2) is 4.70. The highest BCUT2D eigenvalue weighted by Crippen LogP contribution is 2.22. The zero-order valence-electron chi connectivity index (χ0n) is 10.8. The van der Waals surface area contributed by atoms with Gasteiger partial charge in [0.05, 0.1) is 10.5 Å². The summed E-state index contributed by atoms with van der Waals surface area (Å²) in [7, 11) is -2.10. The van der Waals surface area contributed by atoms with Crippen LogP contribution in [0.3, 0.4) is 0 Å². The lowest BCUT2D eigenvalue weighted by Crippen LogP contribution is -2.42. The number of carbonyl (C=O) groups is 1. The van der Waals surface area contributed by atoms with E-state index < -0.39 is 21.5 Å². The Kier molecular flexibility index (Phi) is 3.83. The molecule has 1 aromatic carbocycles. The van der Waals surface area contributed by atoms with Crippen molar-refractivity contribution in [2.45, 2.75) is 31.2 Å². The van der Waals surface area contributed by atoms with Crippen LogP contribution in [0, 0.1) is 0 Å². The number of nitrogens with zero attached hydrogens (tertiary/aromatic N) is 1. The Balaban J connectivity index is 3.18. The normalized spacial score (nSPS) is 12.7. The maximum atomic E-state index is 12.2. The molecule has 0 aliphatic heterocycles. The molecule has 0 amide bonds. The molecule has 5 nitrogen and oxygen atoms in total. The van der Waals surface area contributed by atoms with Crippen LogP contribution in [0.2, 0.25) is 0 Å². The number of benzene rings is 1. The first-order valence-corrected chi connectivity index (χ1v) is 6.83. The van der Waals surface area contributed by atoms with Crippen LogP contribution in [0.5, 0.6) is 0 Å². The Hall–Kier alpha value is -1.40. The molecule has 1 aromatic rings. The Morgan fingerprint density at radius 1 is 1.17 bits per heavy atom. The van der Waals surface area contributed by atoms with Crippen molar-refractivity contribution < 1.29 is 18.3 Å². The van der Waals surface area contributed by atoms with Crippen LogP contribution in [0.25, 0.3) is 0 Å². The van der Waals surface area contributed by atoms with Gasteiger partial charge in [-0.25, -0.2) is 13.2 Å². The molecule has 100 valence electrons. The molecule has 0 saturated heterocycles. The van der Waals surface area contributed by atoms with E-state index in [1.165, 1.54) is 35.6 Å². The summed E-state index contributed by atoms with van der Waals surface area (Å²) in [5.41, 5.74) is -0.475. The molecule has 0 aliphatic rings. The molecule has 0 spiro atoms. The Labute approximate surface area is 107 Å². The van der Waals surface area contributed by atoms with Crippen molar-refractivity contribution in [2.24, 2.45) is 0 Å². The molecule has 0 aromatic heterocycles. The summed E-state index contributed by atoms with van der Waals surface area (Å²) in [4.78, 5) is 10.8. The zero-order valence-corrected chi connectivity index (χ0v) is 11.7. The van der Waals surface area contributed by atoms with Gasteiger partial charge < -0.3 is 5.11 Å². The highest BCUT2D eigenvalue weighted by atomic mass is 32.2. The van der Waals surface area contributed by atoms with Gasteiger partial charge in [-0.05, 0) is 45.0 Å². The standard InChI is InChI=1S/C12H17NO4S/c1-12(2,3)13(4)18(16,17)10-7-5-9(6-8-10)11(14)15/h5-8H,1-4H3,(H,14,15). The maximum Gasteiger partial charge on any atom is 0.335 e. The van der Waals surface area contributed by atoms with Crippen LogP contribution in [-0.2, 0) is 10.0 Å². The maximum absolute atomic E-state index is 12.2. The molecule has 1 rings (SSSR count). The fraction of sp³-hybridized carbons (Fsp3) is 0.417. The number of hydrogen-bond donors (Lipinski definition) is 1. The predicted octanol–water partition coefficient (Wildman–Crippen LogP) is 1.80. The summed E-state index contributed by atoms with van der Waals surface area (Å²) in [5, 5.41) is 8.76. The lowest BCUT2D eigenvalue weighted by atomic mass is 10.1. The van der Waals surface area contributed by atoms with E-state index in [1.54, 1.807) is 20.8 Å². The van der Waals surface area contributed by atoms with E-state index >= 15 is 0 Å². The fourth-order valence-electron chi connectivity index (χ4n) is 1.29. The van der Waals surface area contributed by atoms with Crippen LogP contribution in [0.4, 0.5) is 0 Å². The largest absolute Gasteiger partial charge is 0.478 e. The molecule has 0 atom stereocenters.